The first-order chi connectivity index (χ1) is 12.2. The van der Waals surface area contributed by atoms with Gasteiger partial charge in [-0.15, -0.1) is 24.0 Å². The number of nitrogens with one attached hydrogen (secondary N) is 2. The summed E-state index contributed by atoms with van der Waals surface area (Å²) in [4.78, 5) is 8.94. The molecule has 1 atom stereocenters. The van der Waals surface area contributed by atoms with Crippen molar-refractivity contribution in [3.05, 3.63) is 71.7 Å². The minimum absolute atomic E-state index is 0. The molecule has 0 saturated carbocycles. The van der Waals surface area contributed by atoms with E-state index in [9.17, 15) is 0 Å². The molecule has 0 saturated heterocycles. The predicted octanol–water partition coefficient (Wildman–Crippen LogP) is 3.73. The Morgan fingerprint density at radius 1 is 1.12 bits per heavy atom. The van der Waals surface area contributed by atoms with Crippen LogP contribution in [0.25, 0.3) is 5.65 Å². The van der Waals surface area contributed by atoms with Crippen LogP contribution in [0.2, 0.25) is 0 Å². The van der Waals surface area contributed by atoms with Crippen LogP contribution in [0.5, 0.6) is 0 Å². The molecule has 0 radical (unpaired) electrons. The van der Waals surface area contributed by atoms with Crippen LogP contribution < -0.4 is 10.6 Å². The molecule has 0 aliphatic heterocycles. The van der Waals surface area contributed by atoms with E-state index >= 15 is 0 Å². The fourth-order valence-electron chi connectivity index (χ4n) is 2.83. The van der Waals surface area contributed by atoms with Gasteiger partial charge in [-0.05, 0) is 30.5 Å². The number of aromatic nitrogens is 2. The van der Waals surface area contributed by atoms with Crippen LogP contribution in [-0.4, -0.2) is 28.9 Å². The summed E-state index contributed by atoms with van der Waals surface area (Å²) >= 11 is 0. The number of fused-ring (bicyclic) bond motifs is 1. The van der Waals surface area contributed by atoms with Crippen molar-refractivity contribution in [2.75, 3.05) is 13.6 Å². The summed E-state index contributed by atoms with van der Waals surface area (Å²) in [5.41, 5.74) is 4.46. The Bertz CT molecular complexity index is 857. The quantitative estimate of drug-likeness (QED) is 0.345. The van der Waals surface area contributed by atoms with E-state index in [2.05, 4.69) is 75.4 Å². The highest BCUT2D eigenvalue weighted by atomic mass is 127. The van der Waals surface area contributed by atoms with Gasteiger partial charge in [0.25, 0.3) is 0 Å². The number of imidazole rings is 1. The largest absolute Gasteiger partial charge is 0.356 e. The highest BCUT2D eigenvalue weighted by molar-refractivity contribution is 14.0. The average molecular weight is 463 g/mol. The molecule has 3 rings (SSSR count). The number of halogens is 1. The minimum atomic E-state index is 0. The number of benzene rings is 1. The molecule has 2 N–H and O–H groups in total. The summed E-state index contributed by atoms with van der Waals surface area (Å²) in [5, 5.41) is 6.72. The fourth-order valence-corrected chi connectivity index (χ4v) is 2.83. The third kappa shape index (κ3) is 4.97. The van der Waals surface area contributed by atoms with Gasteiger partial charge in [0, 0.05) is 25.5 Å². The average Bonchev–Trinajstić information content (AvgIpc) is 3.07. The van der Waals surface area contributed by atoms with E-state index in [1.165, 1.54) is 11.3 Å². The first-order valence-corrected chi connectivity index (χ1v) is 8.60. The molecule has 5 nitrogen and oxygen atoms in total. The van der Waals surface area contributed by atoms with Gasteiger partial charge in [-0.3, -0.25) is 4.99 Å². The Morgan fingerprint density at radius 3 is 2.58 bits per heavy atom. The van der Waals surface area contributed by atoms with Crippen molar-refractivity contribution < 1.29 is 0 Å². The number of aliphatic imine (C=N–C) groups is 1. The van der Waals surface area contributed by atoms with Gasteiger partial charge in [-0.2, -0.15) is 0 Å². The molecule has 1 unspecified atom stereocenters. The van der Waals surface area contributed by atoms with E-state index in [4.69, 9.17) is 0 Å². The molecular weight excluding hydrogens is 437 g/mol. The third-order valence-corrected chi connectivity index (χ3v) is 4.35. The predicted molar refractivity (Wildman–Crippen MR) is 118 cm³/mol. The van der Waals surface area contributed by atoms with Gasteiger partial charge in [-0.1, -0.05) is 43.3 Å². The lowest BCUT2D eigenvalue weighted by Crippen LogP contribution is -2.38. The fraction of sp³-hybridized carbons (Fsp3) is 0.300. The molecular formula is C20H26IN5. The summed E-state index contributed by atoms with van der Waals surface area (Å²) < 4.78 is 2.10. The monoisotopic (exact) mass is 463 g/mol. The molecule has 26 heavy (non-hydrogen) atoms. The highest BCUT2D eigenvalue weighted by Crippen LogP contribution is 2.13. The second-order valence-electron chi connectivity index (χ2n) is 6.25. The van der Waals surface area contributed by atoms with Gasteiger partial charge in [0.15, 0.2) is 5.96 Å². The first-order valence-electron chi connectivity index (χ1n) is 8.60. The van der Waals surface area contributed by atoms with Crippen molar-refractivity contribution in [3.63, 3.8) is 0 Å². The van der Waals surface area contributed by atoms with Gasteiger partial charge in [0.1, 0.15) is 5.65 Å². The Morgan fingerprint density at radius 2 is 1.88 bits per heavy atom. The van der Waals surface area contributed by atoms with E-state index in [-0.39, 0.29) is 24.0 Å². The molecule has 3 aromatic rings. The third-order valence-electron chi connectivity index (χ3n) is 4.35. The van der Waals surface area contributed by atoms with Crippen LogP contribution in [0.1, 0.15) is 29.8 Å². The van der Waals surface area contributed by atoms with Crippen molar-refractivity contribution >= 4 is 35.6 Å². The summed E-state index contributed by atoms with van der Waals surface area (Å²) in [5.74, 6) is 1.20. The van der Waals surface area contributed by atoms with Crippen molar-refractivity contribution in [2.24, 2.45) is 4.99 Å². The molecule has 1 aromatic carbocycles. The number of aryl methyl sites for hydroxylation is 1. The van der Waals surface area contributed by atoms with Crippen LogP contribution >= 0.6 is 24.0 Å². The smallest absolute Gasteiger partial charge is 0.191 e. The number of pyridine rings is 1. The topological polar surface area (TPSA) is 53.7 Å². The van der Waals surface area contributed by atoms with Crippen molar-refractivity contribution in [3.8, 4) is 0 Å². The number of rotatable bonds is 5. The summed E-state index contributed by atoms with van der Waals surface area (Å²) in [6, 6.07) is 16.6. The normalized spacial score (nSPS) is 12.5. The number of guanidine groups is 1. The lowest BCUT2D eigenvalue weighted by molar-refractivity contribution is 0.697. The van der Waals surface area contributed by atoms with Gasteiger partial charge in [0.05, 0.1) is 12.2 Å². The molecule has 6 heteroatoms. The summed E-state index contributed by atoms with van der Waals surface area (Å²) in [6.45, 7) is 5.76. The molecule has 0 fully saturated rings. The molecule has 0 bridgehead atoms. The second kappa shape index (κ2) is 9.56. The molecule has 2 heterocycles. The van der Waals surface area contributed by atoms with Crippen molar-refractivity contribution in [2.45, 2.75) is 26.3 Å². The zero-order valence-electron chi connectivity index (χ0n) is 15.4. The lowest BCUT2D eigenvalue weighted by atomic mass is 10.0. The van der Waals surface area contributed by atoms with Gasteiger partial charge < -0.3 is 15.0 Å². The van der Waals surface area contributed by atoms with Gasteiger partial charge in [-0.25, -0.2) is 4.98 Å². The van der Waals surface area contributed by atoms with Crippen LogP contribution in [0.4, 0.5) is 0 Å². The van der Waals surface area contributed by atoms with Gasteiger partial charge in [0.2, 0.25) is 0 Å². The Balaban J connectivity index is 0.00000243. The maximum atomic E-state index is 4.64. The Kier molecular flexibility index (Phi) is 7.44. The zero-order chi connectivity index (χ0) is 17.6. The van der Waals surface area contributed by atoms with Crippen molar-refractivity contribution in [1.29, 1.82) is 0 Å². The van der Waals surface area contributed by atoms with Crippen molar-refractivity contribution in [1.82, 2.24) is 20.0 Å². The summed E-state index contributed by atoms with van der Waals surface area (Å²) in [6.07, 6.45) is 2.07. The minimum Gasteiger partial charge on any atom is -0.356 e. The zero-order valence-corrected chi connectivity index (χ0v) is 17.8. The maximum Gasteiger partial charge on any atom is 0.191 e. The summed E-state index contributed by atoms with van der Waals surface area (Å²) in [7, 11) is 1.79. The molecule has 0 spiro atoms. The first kappa shape index (κ1) is 20.2. The van der Waals surface area contributed by atoms with Crippen LogP contribution in [-0.2, 0) is 6.54 Å². The maximum absolute atomic E-state index is 4.64. The number of hydrogen-bond donors (Lipinski definition) is 2. The Labute approximate surface area is 172 Å². The van der Waals surface area contributed by atoms with E-state index in [1.54, 1.807) is 7.05 Å². The molecule has 0 amide bonds. The SMILES string of the molecule is CN=C(NCc1cn2c(C)cccc2n1)NCC(C)c1ccccc1.I. The molecule has 0 aliphatic carbocycles. The van der Waals surface area contributed by atoms with Crippen LogP contribution in [0, 0.1) is 6.92 Å². The standard InChI is InChI=1S/C20H25N5.HI/c1-15(17-9-5-4-6-10-17)12-22-20(21-3)23-13-18-14-25-16(2)8-7-11-19(25)24-18;/h4-11,14-15H,12-13H2,1-3H3,(H2,21,22,23);1H. The molecule has 138 valence electrons. The molecule has 0 aliphatic rings. The van der Waals surface area contributed by atoms with Gasteiger partial charge >= 0.3 is 0 Å². The highest BCUT2D eigenvalue weighted by Gasteiger charge is 2.07. The molecule has 2 aromatic heterocycles. The second-order valence-corrected chi connectivity index (χ2v) is 6.25. The van der Waals surface area contributed by atoms with E-state index < -0.39 is 0 Å². The van der Waals surface area contributed by atoms with Crippen LogP contribution in [0.15, 0.2) is 59.7 Å². The number of hydrogen-bond acceptors (Lipinski definition) is 2. The lowest BCUT2D eigenvalue weighted by Gasteiger charge is -2.16. The van der Waals surface area contributed by atoms with E-state index in [0.29, 0.717) is 12.5 Å². The van der Waals surface area contributed by atoms with E-state index in [1.807, 2.05) is 18.2 Å². The number of nitrogens with zero attached hydrogens (tertiary/aromatic N) is 3. The van der Waals surface area contributed by atoms with Crippen LogP contribution in [0.3, 0.4) is 0 Å². The van der Waals surface area contributed by atoms with E-state index in [0.717, 1.165) is 23.8 Å². The Hall–Kier alpha value is -2.09.